The SMILES string of the molecule is COC(=O)C1CC=NN1.O=C(O)C(F)(F)F. The zero-order valence-corrected chi connectivity index (χ0v) is 8.11. The van der Waals surface area contributed by atoms with Crippen LogP contribution in [0.5, 0.6) is 0 Å². The predicted octanol–water partition coefficient (Wildman–Crippen LogP) is 0.140. The van der Waals surface area contributed by atoms with Crippen LogP contribution in [0.3, 0.4) is 0 Å². The molecule has 0 radical (unpaired) electrons. The van der Waals surface area contributed by atoms with Gasteiger partial charge in [-0.05, 0) is 0 Å². The number of esters is 1. The van der Waals surface area contributed by atoms with E-state index in [4.69, 9.17) is 9.90 Å². The summed E-state index contributed by atoms with van der Waals surface area (Å²) in [7, 11) is 1.36. The van der Waals surface area contributed by atoms with Crippen LogP contribution in [-0.2, 0) is 14.3 Å². The molecular weight excluding hydrogens is 233 g/mol. The summed E-state index contributed by atoms with van der Waals surface area (Å²) >= 11 is 0. The summed E-state index contributed by atoms with van der Waals surface area (Å²) in [6, 6.07) is -0.255. The lowest BCUT2D eigenvalue weighted by Gasteiger charge is -2.04. The first kappa shape index (κ1) is 14.2. The van der Waals surface area contributed by atoms with Crippen LogP contribution in [-0.4, -0.2) is 42.6 Å². The molecule has 0 aliphatic carbocycles. The number of carbonyl (C=O) groups is 2. The number of alkyl halides is 3. The Kier molecular flexibility index (Phi) is 5.26. The van der Waals surface area contributed by atoms with Crippen LogP contribution in [0.2, 0.25) is 0 Å². The van der Waals surface area contributed by atoms with Crippen LogP contribution >= 0.6 is 0 Å². The maximum atomic E-state index is 10.6. The molecule has 16 heavy (non-hydrogen) atoms. The number of carbonyl (C=O) groups excluding carboxylic acids is 1. The summed E-state index contributed by atoms with van der Waals surface area (Å²) in [5.41, 5.74) is 2.60. The van der Waals surface area contributed by atoms with Gasteiger partial charge in [0.25, 0.3) is 0 Å². The smallest absolute Gasteiger partial charge is 0.475 e. The third-order valence-electron chi connectivity index (χ3n) is 1.39. The Bertz CT molecular complexity index is 282. The summed E-state index contributed by atoms with van der Waals surface area (Å²) in [5, 5.41) is 10.8. The summed E-state index contributed by atoms with van der Waals surface area (Å²) in [5.74, 6) is -3.01. The molecule has 0 saturated heterocycles. The van der Waals surface area contributed by atoms with E-state index in [1.54, 1.807) is 6.21 Å². The van der Waals surface area contributed by atoms with Gasteiger partial charge in [0.1, 0.15) is 6.04 Å². The van der Waals surface area contributed by atoms with Gasteiger partial charge in [0.05, 0.1) is 7.11 Å². The molecule has 0 amide bonds. The number of hydrazone groups is 1. The Hall–Kier alpha value is -1.80. The minimum atomic E-state index is -5.08. The fourth-order valence-electron chi connectivity index (χ4n) is 0.645. The molecule has 0 fully saturated rings. The number of hydrogen-bond donors (Lipinski definition) is 2. The Balaban J connectivity index is 0.000000293. The first-order chi connectivity index (χ1) is 7.29. The van der Waals surface area contributed by atoms with Crippen LogP contribution in [0.1, 0.15) is 6.42 Å². The van der Waals surface area contributed by atoms with E-state index in [0.29, 0.717) is 6.42 Å². The van der Waals surface area contributed by atoms with Crippen LogP contribution in [0, 0.1) is 0 Å². The molecule has 1 rings (SSSR count). The maximum Gasteiger partial charge on any atom is 0.490 e. The number of methoxy groups -OCH3 is 1. The molecule has 1 aliphatic rings. The van der Waals surface area contributed by atoms with E-state index in [1.807, 2.05) is 0 Å². The lowest BCUT2D eigenvalue weighted by Crippen LogP contribution is -2.30. The largest absolute Gasteiger partial charge is 0.490 e. The minimum Gasteiger partial charge on any atom is -0.475 e. The molecule has 1 heterocycles. The quantitative estimate of drug-likeness (QED) is 0.638. The van der Waals surface area contributed by atoms with E-state index in [1.165, 1.54) is 7.11 Å². The van der Waals surface area contributed by atoms with Crippen molar-refractivity contribution in [2.24, 2.45) is 5.10 Å². The average molecular weight is 242 g/mol. The first-order valence-corrected chi connectivity index (χ1v) is 3.94. The summed E-state index contributed by atoms with van der Waals surface area (Å²) < 4.78 is 36.2. The van der Waals surface area contributed by atoms with E-state index < -0.39 is 12.1 Å². The first-order valence-electron chi connectivity index (χ1n) is 3.94. The van der Waals surface area contributed by atoms with Gasteiger partial charge in [-0.25, -0.2) is 9.59 Å². The maximum absolute atomic E-state index is 10.6. The van der Waals surface area contributed by atoms with Crippen molar-refractivity contribution in [3.05, 3.63) is 0 Å². The zero-order valence-electron chi connectivity index (χ0n) is 8.11. The molecule has 0 aromatic rings. The van der Waals surface area contributed by atoms with E-state index in [2.05, 4.69) is 15.3 Å². The highest BCUT2D eigenvalue weighted by atomic mass is 19.4. The van der Waals surface area contributed by atoms with Crippen molar-refractivity contribution in [2.75, 3.05) is 7.11 Å². The van der Waals surface area contributed by atoms with Gasteiger partial charge < -0.3 is 9.84 Å². The van der Waals surface area contributed by atoms with Crippen LogP contribution in [0.25, 0.3) is 0 Å². The molecule has 92 valence electrons. The van der Waals surface area contributed by atoms with Crippen molar-refractivity contribution in [3.63, 3.8) is 0 Å². The van der Waals surface area contributed by atoms with E-state index in [0.717, 1.165) is 0 Å². The molecule has 6 nitrogen and oxygen atoms in total. The van der Waals surface area contributed by atoms with Crippen molar-refractivity contribution in [2.45, 2.75) is 18.6 Å². The highest BCUT2D eigenvalue weighted by Gasteiger charge is 2.38. The standard InChI is InChI=1S/C5H8N2O2.C2HF3O2/c1-9-5(8)4-2-3-6-7-4;3-2(4,5)1(6)7/h3-4,7H,2H2,1H3;(H,6,7). The highest BCUT2D eigenvalue weighted by molar-refractivity contribution is 5.81. The number of carboxylic acids is 1. The molecule has 0 aromatic heterocycles. The molecule has 1 aliphatic heterocycles. The van der Waals surface area contributed by atoms with Crippen molar-refractivity contribution >= 4 is 18.2 Å². The fourth-order valence-corrected chi connectivity index (χ4v) is 0.645. The van der Waals surface area contributed by atoms with Crippen molar-refractivity contribution in [1.29, 1.82) is 0 Å². The molecule has 0 aromatic carbocycles. The zero-order chi connectivity index (χ0) is 12.8. The molecule has 1 atom stereocenters. The molecule has 0 saturated carbocycles. The Morgan fingerprint density at radius 2 is 2.06 bits per heavy atom. The van der Waals surface area contributed by atoms with Gasteiger partial charge in [0, 0.05) is 12.6 Å². The fraction of sp³-hybridized carbons (Fsp3) is 0.571. The number of ether oxygens (including phenoxy) is 1. The number of hydrogen-bond acceptors (Lipinski definition) is 5. The van der Waals surface area contributed by atoms with Gasteiger partial charge in [-0.3, -0.25) is 5.43 Å². The summed E-state index contributed by atoms with van der Waals surface area (Å²) in [6.07, 6.45) is -2.80. The lowest BCUT2D eigenvalue weighted by molar-refractivity contribution is -0.192. The normalized spacial score (nSPS) is 18.1. The number of halogens is 3. The highest BCUT2D eigenvalue weighted by Crippen LogP contribution is 2.13. The van der Waals surface area contributed by atoms with Gasteiger partial charge in [0.15, 0.2) is 0 Å². The predicted molar refractivity (Wildman–Crippen MR) is 45.7 cm³/mol. The summed E-state index contributed by atoms with van der Waals surface area (Å²) in [6.45, 7) is 0. The minimum absolute atomic E-state index is 0.255. The number of nitrogens with zero attached hydrogens (tertiary/aromatic N) is 1. The van der Waals surface area contributed by atoms with Crippen LogP contribution in [0.4, 0.5) is 13.2 Å². The Labute approximate surface area is 88.1 Å². The summed E-state index contributed by atoms with van der Waals surface area (Å²) in [4.78, 5) is 19.5. The third kappa shape index (κ3) is 5.17. The number of nitrogens with one attached hydrogen (secondary N) is 1. The topological polar surface area (TPSA) is 88.0 Å². The third-order valence-corrected chi connectivity index (χ3v) is 1.39. The van der Waals surface area contributed by atoms with Crippen molar-refractivity contribution in [1.82, 2.24) is 5.43 Å². The Morgan fingerprint density at radius 3 is 2.31 bits per heavy atom. The van der Waals surface area contributed by atoms with Gasteiger partial charge in [0.2, 0.25) is 0 Å². The second-order valence-corrected chi connectivity index (χ2v) is 2.56. The molecule has 9 heteroatoms. The van der Waals surface area contributed by atoms with Gasteiger partial charge in [-0.1, -0.05) is 0 Å². The van der Waals surface area contributed by atoms with Crippen molar-refractivity contribution < 1.29 is 32.6 Å². The molecule has 1 unspecified atom stereocenters. The van der Waals surface area contributed by atoms with Gasteiger partial charge >= 0.3 is 18.1 Å². The molecular formula is C7H9F3N2O4. The molecule has 0 spiro atoms. The van der Waals surface area contributed by atoms with Crippen LogP contribution < -0.4 is 5.43 Å². The second-order valence-electron chi connectivity index (χ2n) is 2.56. The van der Waals surface area contributed by atoms with E-state index >= 15 is 0 Å². The van der Waals surface area contributed by atoms with E-state index in [-0.39, 0.29) is 12.0 Å². The van der Waals surface area contributed by atoms with Crippen molar-refractivity contribution in [3.8, 4) is 0 Å². The van der Waals surface area contributed by atoms with Gasteiger partial charge in [-0.15, -0.1) is 0 Å². The van der Waals surface area contributed by atoms with Gasteiger partial charge in [-0.2, -0.15) is 18.3 Å². The van der Waals surface area contributed by atoms with Crippen LogP contribution in [0.15, 0.2) is 5.10 Å². The lowest BCUT2D eigenvalue weighted by atomic mass is 10.2. The molecule has 2 N–H and O–H groups in total. The second kappa shape index (κ2) is 5.93. The van der Waals surface area contributed by atoms with E-state index in [9.17, 15) is 18.0 Å². The number of rotatable bonds is 1. The Morgan fingerprint density at radius 1 is 1.56 bits per heavy atom. The molecule has 0 bridgehead atoms. The monoisotopic (exact) mass is 242 g/mol. The number of carboxylic acid groups (broad SMARTS) is 1. The average Bonchev–Trinajstić information content (AvgIpc) is 2.69. The number of aliphatic carboxylic acids is 1.